The Bertz CT molecular complexity index is 578. The molecule has 1 aliphatic heterocycles. The van der Waals surface area contributed by atoms with Gasteiger partial charge in [-0.15, -0.1) is 12.4 Å². The second-order valence-corrected chi connectivity index (χ2v) is 6.21. The van der Waals surface area contributed by atoms with Crippen molar-refractivity contribution in [3.8, 4) is 5.75 Å². The van der Waals surface area contributed by atoms with Gasteiger partial charge in [-0.1, -0.05) is 0 Å². The molecule has 0 radical (unpaired) electrons. The fourth-order valence-corrected chi connectivity index (χ4v) is 2.97. The quantitative estimate of drug-likeness (QED) is 0.800. The number of nitrogens with zero attached hydrogens (tertiary/aromatic N) is 1. The summed E-state index contributed by atoms with van der Waals surface area (Å²) in [5, 5.41) is 2.75. The highest BCUT2D eigenvalue weighted by Crippen LogP contribution is 2.25. The highest BCUT2D eigenvalue weighted by Gasteiger charge is 2.18. The SMILES string of the molecule is Cc1cc(C(=O)NCCN)cc(C)c1OCC(=O)N1CCCCC1.Cl. The molecule has 1 fully saturated rings. The molecule has 0 aliphatic carbocycles. The molecule has 0 unspecified atom stereocenters. The number of amides is 2. The molecule has 1 aromatic rings. The van der Waals surface area contributed by atoms with E-state index >= 15 is 0 Å². The molecular formula is C18H28ClN3O3. The van der Waals surface area contributed by atoms with Gasteiger partial charge in [-0.05, 0) is 56.4 Å². The summed E-state index contributed by atoms with van der Waals surface area (Å²) < 4.78 is 5.76. The van der Waals surface area contributed by atoms with Gasteiger partial charge in [0.2, 0.25) is 0 Å². The van der Waals surface area contributed by atoms with E-state index in [0.29, 0.717) is 24.4 Å². The molecule has 0 spiro atoms. The minimum absolute atomic E-state index is 0. The average molecular weight is 370 g/mol. The molecular weight excluding hydrogens is 342 g/mol. The average Bonchev–Trinajstić information content (AvgIpc) is 2.59. The van der Waals surface area contributed by atoms with Crippen LogP contribution in [0.15, 0.2) is 12.1 Å². The van der Waals surface area contributed by atoms with Crippen LogP contribution in [0.1, 0.15) is 40.7 Å². The van der Waals surface area contributed by atoms with Crippen LogP contribution in [-0.4, -0.2) is 49.5 Å². The summed E-state index contributed by atoms with van der Waals surface area (Å²) in [5.41, 5.74) is 7.67. The minimum atomic E-state index is -0.150. The highest BCUT2D eigenvalue weighted by atomic mass is 35.5. The van der Waals surface area contributed by atoms with Crippen molar-refractivity contribution in [1.82, 2.24) is 10.2 Å². The molecule has 7 heteroatoms. The van der Waals surface area contributed by atoms with Gasteiger partial charge in [0, 0.05) is 31.7 Å². The maximum absolute atomic E-state index is 12.2. The van der Waals surface area contributed by atoms with Crippen LogP contribution in [0.2, 0.25) is 0 Å². The lowest BCUT2D eigenvalue weighted by molar-refractivity contribution is -0.134. The molecule has 3 N–H and O–H groups in total. The second-order valence-electron chi connectivity index (χ2n) is 6.21. The standard InChI is InChI=1S/C18H27N3O3.ClH/c1-13-10-15(18(23)20-7-6-19)11-14(2)17(13)24-12-16(22)21-8-4-3-5-9-21;/h10-11H,3-9,12,19H2,1-2H3,(H,20,23);1H. The summed E-state index contributed by atoms with van der Waals surface area (Å²) in [5.74, 6) is 0.552. The lowest BCUT2D eigenvalue weighted by Crippen LogP contribution is -2.38. The number of hydrogen-bond acceptors (Lipinski definition) is 4. The Hall–Kier alpha value is -1.79. The maximum atomic E-state index is 12.2. The third kappa shape index (κ3) is 5.90. The summed E-state index contributed by atoms with van der Waals surface area (Å²) in [4.78, 5) is 26.1. The molecule has 1 heterocycles. The first-order chi connectivity index (χ1) is 11.5. The van der Waals surface area contributed by atoms with E-state index in [0.717, 1.165) is 37.1 Å². The van der Waals surface area contributed by atoms with Crippen LogP contribution in [0, 0.1) is 13.8 Å². The van der Waals surface area contributed by atoms with Crippen LogP contribution in [0.25, 0.3) is 0 Å². The van der Waals surface area contributed by atoms with Crippen LogP contribution in [0.3, 0.4) is 0 Å². The fourth-order valence-electron chi connectivity index (χ4n) is 2.97. The van der Waals surface area contributed by atoms with Gasteiger partial charge in [0.1, 0.15) is 5.75 Å². The number of carbonyl (C=O) groups excluding carboxylic acids is 2. The predicted molar refractivity (Wildman–Crippen MR) is 100 cm³/mol. The van der Waals surface area contributed by atoms with E-state index in [-0.39, 0.29) is 30.8 Å². The summed E-state index contributed by atoms with van der Waals surface area (Å²) in [6, 6.07) is 3.55. The van der Waals surface area contributed by atoms with Crippen molar-refractivity contribution in [1.29, 1.82) is 0 Å². The molecule has 2 amide bonds. The van der Waals surface area contributed by atoms with E-state index in [1.54, 1.807) is 12.1 Å². The number of nitrogens with one attached hydrogen (secondary N) is 1. The van der Waals surface area contributed by atoms with Crippen molar-refractivity contribution >= 4 is 24.2 Å². The molecule has 0 aromatic heterocycles. The van der Waals surface area contributed by atoms with Gasteiger partial charge in [0.15, 0.2) is 6.61 Å². The van der Waals surface area contributed by atoms with E-state index in [1.807, 2.05) is 18.7 Å². The van der Waals surface area contributed by atoms with Gasteiger partial charge in [-0.2, -0.15) is 0 Å². The topological polar surface area (TPSA) is 84.7 Å². The fraction of sp³-hybridized carbons (Fsp3) is 0.556. The molecule has 140 valence electrons. The molecule has 1 aromatic carbocycles. The molecule has 0 bridgehead atoms. The smallest absolute Gasteiger partial charge is 0.260 e. The summed E-state index contributed by atoms with van der Waals surface area (Å²) in [6.45, 7) is 6.30. The van der Waals surface area contributed by atoms with E-state index < -0.39 is 0 Å². The summed E-state index contributed by atoms with van der Waals surface area (Å²) in [6.07, 6.45) is 3.32. The number of benzene rings is 1. The first kappa shape index (κ1) is 21.3. The summed E-state index contributed by atoms with van der Waals surface area (Å²) in [7, 11) is 0. The Balaban J connectivity index is 0.00000312. The molecule has 6 nitrogen and oxygen atoms in total. The Kier molecular flexibility index (Phi) is 8.72. The molecule has 2 rings (SSSR count). The van der Waals surface area contributed by atoms with Crippen molar-refractivity contribution < 1.29 is 14.3 Å². The Morgan fingerprint density at radius 3 is 2.32 bits per heavy atom. The number of halogens is 1. The minimum Gasteiger partial charge on any atom is -0.483 e. The van der Waals surface area contributed by atoms with Crippen molar-refractivity contribution in [2.75, 3.05) is 32.8 Å². The zero-order valence-corrected chi connectivity index (χ0v) is 15.8. The molecule has 1 aliphatic rings. The first-order valence-electron chi connectivity index (χ1n) is 8.53. The first-order valence-corrected chi connectivity index (χ1v) is 8.53. The van der Waals surface area contributed by atoms with Crippen LogP contribution >= 0.6 is 12.4 Å². The largest absolute Gasteiger partial charge is 0.483 e. The van der Waals surface area contributed by atoms with Crippen LogP contribution in [0.5, 0.6) is 5.75 Å². The molecule has 1 saturated heterocycles. The van der Waals surface area contributed by atoms with Crippen molar-refractivity contribution in [2.24, 2.45) is 5.73 Å². The van der Waals surface area contributed by atoms with Crippen molar-refractivity contribution in [2.45, 2.75) is 33.1 Å². The van der Waals surface area contributed by atoms with Crippen LogP contribution < -0.4 is 15.8 Å². The monoisotopic (exact) mass is 369 g/mol. The third-order valence-corrected chi connectivity index (χ3v) is 4.20. The van der Waals surface area contributed by atoms with Gasteiger partial charge >= 0.3 is 0 Å². The molecule has 0 saturated carbocycles. The molecule has 25 heavy (non-hydrogen) atoms. The number of piperidine rings is 1. The van der Waals surface area contributed by atoms with Gasteiger partial charge in [0.05, 0.1) is 0 Å². The highest BCUT2D eigenvalue weighted by molar-refractivity contribution is 5.95. The number of aryl methyl sites for hydroxylation is 2. The van der Waals surface area contributed by atoms with Crippen molar-refractivity contribution in [3.63, 3.8) is 0 Å². The Morgan fingerprint density at radius 1 is 1.16 bits per heavy atom. The Morgan fingerprint density at radius 2 is 1.76 bits per heavy atom. The number of rotatable bonds is 6. The third-order valence-electron chi connectivity index (χ3n) is 4.20. The van der Waals surface area contributed by atoms with Gasteiger partial charge in [-0.3, -0.25) is 9.59 Å². The van der Waals surface area contributed by atoms with Gasteiger partial charge < -0.3 is 20.7 Å². The van der Waals surface area contributed by atoms with Gasteiger partial charge in [-0.25, -0.2) is 0 Å². The summed E-state index contributed by atoms with van der Waals surface area (Å²) >= 11 is 0. The lowest BCUT2D eigenvalue weighted by Gasteiger charge is -2.26. The van der Waals surface area contributed by atoms with Gasteiger partial charge in [0.25, 0.3) is 11.8 Å². The number of hydrogen-bond donors (Lipinski definition) is 2. The van der Waals surface area contributed by atoms with E-state index in [2.05, 4.69) is 5.32 Å². The number of ether oxygens (including phenoxy) is 1. The Labute approximate surface area is 155 Å². The van der Waals surface area contributed by atoms with E-state index in [9.17, 15) is 9.59 Å². The van der Waals surface area contributed by atoms with E-state index in [4.69, 9.17) is 10.5 Å². The number of nitrogens with two attached hydrogens (primary N) is 1. The normalized spacial score (nSPS) is 13.8. The van der Waals surface area contributed by atoms with Crippen molar-refractivity contribution in [3.05, 3.63) is 28.8 Å². The lowest BCUT2D eigenvalue weighted by atomic mass is 10.1. The predicted octanol–water partition coefficient (Wildman–Crippen LogP) is 1.81. The van der Waals surface area contributed by atoms with E-state index in [1.165, 1.54) is 6.42 Å². The number of carbonyl (C=O) groups is 2. The zero-order valence-electron chi connectivity index (χ0n) is 15.0. The van der Waals surface area contributed by atoms with Crippen LogP contribution in [0.4, 0.5) is 0 Å². The molecule has 0 atom stereocenters. The zero-order chi connectivity index (χ0) is 17.5. The number of likely N-dealkylation sites (tertiary alicyclic amines) is 1. The maximum Gasteiger partial charge on any atom is 0.260 e. The van der Waals surface area contributed by atoms with Crippen LogP contribution in [-0.2, 0) is 4.79 Å². The second kappa shape index (κ2) is 10.3.